The van der Waals surface area contributed by atoms with Crippen molar-refractivity contribution in [1.29, 1.82) is 0 Å². The molecule has 0 aliphatic heterocycles. The Kier molecular flexibility index (Phi) is 4.46. The van der Waals surface area contributed by atoms with Crippen LogP contribution in [0.5, 0.6) is 5.75 Å². The second-order valence-corrected chi connectivity index (χ2v) is 7.16. The maximum absolute atomic E-state index is 9.95. The molecule has 0 radical (unpaired) electrons. The molecule has 0 fully saturated rings. The van der Waals surface area contributed by atoms with Gasteiger partial charge in [-0.15, -0.1) is 0 Å². The van der Waals surface area contributed by atoms with Gasteiger partial charge in [-0.25, -0.2) is 0 Å². The van der Waals surface area contributed by atoms with E-state index < -0.39 is 0 Å². The summed E-state index contributed by atoms with van der Waals surface area (Å²) in [5.74, 6) is 1.07. The summed E-state index contributed by atoms with van der Waals surface area (Å²) in [6, 6.07) is 16.4. The maximum atomic E-state index is 9.95. The normalized spacial score (nSPS) is 10.8. The molecular weight excluding hydrogens is 287 g/mol. The van der Waals surface area contributed by atoms with E-state index in [9.17, 15) is 5.11 Å². The quantitative estimate of drug-likeness (QED) is 0.859. The second-order valence-electron chi connectivity index (χ2n) is 4.82. The van der Waals surface area contributed by atoms with Crippen molar-refractivity contribution < 1.29 is 5.11 Å². The average Bonchev–Trinajstić information content (AvgIpc) is 2.34. The third-order valence-corrected chi connectivity index (χ3v) is 4.85. The van der Waals surface area contributed by atoms with Crippen LogP contribution in [-0.4, -0.2) is 20.1 Å². The molecular formula is C16H18OSe. The van der Waals surface area contributed by atoms with Crippen molar-refractivity contribution >= 4 is 23.9 Å². The van der Waals surface area contributed by atoms with Crippen LogP contribution in [0.15, 0.2) is 48.5 Å². The first-order chi connectivity index (χ1) is 8.65. The van der Waals surface area contributed by atoms with Crippen LogP contribution in [-0.2, 0) is 6.42 Å². The predicted octanol–water partition coefficient (Wildman–Crippen LogP) is 2.25. The molecule has 0 amide bonds. The first-order valence-electron chi connectivity index (χ1n) is 6.20. The summed E-state index contributed by atoms with van der Waals surface area (Å²) < 4.78 is 2.37. The summed E-state index contributed by atoms with van der Waals surface area (Å²) >= 11 is 0.179. The van der Waals surface area contributed by atoms with Gasteiger partial charge >= 0.3 is 115 Å². The van der Waals surface area contributed by atoms with Crippen LogP contribution in [0.25, 0.3) is 0 Å². The average molecular weight is 305 g/mol. The Labute approximate surface area is 115 Å². The first-order valence-corrected chi connectivity index (χ1v) is 7.91. The van der Waals surface area contributed by atoms with Crippen LogP contribution in [0.4, 0.5) is 0 Å². The van der Waals surface area contributed by atoms with Crippen LogP contribution >= 0.6 is 0 Å². The first kappa shape index (κ1) is 13.2. The third-order valence-electron chi connectivity index (χ3n) is 2.64. The summed E-state index contributed by atoms with van der Waals surface area (Å²) in [6.45, 7) is 4.43. The van der Waals surface area contributed by atoms with Crippen molar-refractivity contribution in [3.8, 4) is 5.75 Å². The SMILES string of the molecule is CC(C)Cc1ccc(O)c([Se]c2ccccc2)c1. The number of hydrogen-bond acceptors (Lipinski definition) is 1. The van der Waals surface area contributed by atoms with Crippen LogP contribution < -0.4 is 8.92 Å². The van der Waals surface area contributed by atoms with Gasteiger partial charge in [0.25, 0.3) is 0 Å². The number of rotatable bonds is 4. The summed E-state index contributed by atoms with van der Waals surface area (Å²) in [5.41, 5.74) is 1.32. The molecule has 1 nitrogen and oxygen atoms in total. The molecule has 0 heterocycles. The Balaban J connectivity index is 2.21. The summed E-state index contributed by atoms with van der Waals surface area (Å²) in [6.07, 6.45) is 1.07. The van der Waals surface area contributed by atoms with Gasteiger partial charge in [0.15, 0.2) is 0 Å². The van der Waals surface area contributed by atoms with E-state index in [-0.39, 0.29) is 15.0 Å². The second kappa shape index (κ2) is 6.08. The number of phenols is 1. The van der Waals surface area contributed by atoms with Crippen LogP contribution in [0.3, 0.4) is 0 Å². The van der Waals surface area contributed by atoms with Crippen molar-refractivity contribution in [1.82, 2.24) is 0 Å². The van der Waals surface area contributed by atoms with Crippen molar-refractivity contribution in [3.05, 3.63) is 54.1 Å². The molecule has 0 aliphatic rings. The minimum atomic E-state index is 0.179. The molecule has 0 aromatic heterocycles. The monoisotopic (exact) mass is 306 g/mol. The van der Waals surface area contributed by atoms with Crippen LogP contribution in [0, 0.1) is 5.92 Å². The van der Waals surface area contributed by atoms with E-state index in [1.165, 1.54) is 10.0 Å². The number of aromatic hydroxyl groups is 1. The number of hydrogen-bond donors (Lipinski definition) is 1. The van der Waals surface area contributed by atoms with Gasteiger partial charge in [-0.1, -0.05) is 0 Å². The fourth-order valence-corrected chi connectivity index (χ4v) is 3.81. The molecule has 2 heteroatoms. The van der Waals surface area contributed by atoms with E-state index in [0.29, 0.717) is 11.7 Å². The molecule has 1 N–H and O–H groups in total. The molecule has 0 saturated heterocycles. The molecule has 0 saturated carbocycles. The van der Waals surface area contributed by atoms with Gasteiger partial charge in [0.1, 0.15) is 0 Å². The fraction of sp³-hybridized carbons (Fsp3) is 0.250. The Hall–Kier alpha value is -1.24. The van der Waals surface area contributed by atoms with E-state index in [0.717, 1.165) is 10.9 Å². The van der Waals surface area contributed by atoms with Gasteiger partial charge in [-0.05, 0) is 0 Å². The summed E-state index contributed by atoms with van der Waals surface area (Å²) in [4.78, 5) is 0. The Morgan fingerprint density at radius 3 is 2.44 bits per heavy atom. The molecule has 0 spiro atoms. The minimum absolute atomic E-state index is 0.179. The topological polar surface area (TPSA) is 20.2 Å². The van der Waals surface area contributed by atoms with Gasteiger partial charge in [-0.3, -0.25) is 0 Å². The zero-order valence-electron chi connectivity index (χ0n) is 10.8. The van der Waals surface area contributed by atoms with E-state index in [2.05, 4.69) is 32.0 Å². The number of phenolic OH excluding ortho intramolecular Hbond substituents is 1. The number of benzene rings is 2. The predicted molar refractivity (Wildman–Crippen MR) is 78.1 cm³/mol. The van der Waals surface area contributed by atoms with Gasteiger partial charge in [0.05, 0.1) is 0 Å². The molecule has 0 atom stereocenters. The zero-order valence-corrected chi connectivity index (χ0v) is 12.5. The van der Waals surface area contributed by atoms with E-state index in [1.54, 1.807) is 0 Å². The molecule has 0 aliphatic carbocycles. The Bertz CT molecular complexity index is 506. The standard InChI is InChI=1S/C16H18OSe/c1-12(2)10-13-8-9-15(17)16(11-13)18-14-6-4-3-5-7-14/h3-9,11-12,17H,10H2,1-2H3. The molecule has 2 aromatic carbocycles. The Morgan fingerprint density at radius 2 is 1.78 bits per heavy atom. The van der Waals surface area contributed by atoms with Crippen molar-refractivity contribution in [2.45, 2.75) is 20.3 Å². The van der Waals surface area contributed by atoms with E-state index in [1.807, 2.05) is 30.3 Å². The van der Waals surface area contributed by atoms with Gasteiger partial charge < -0.3 is 0 Å². The van der Waals surface area contributed by atoms with Crippen molar-refractivity contribution in [2.75, 3.05) is 0 Å². The summed E-state index contributed by atoms with van der Waals surface area (Å²) in [7, 11) is 0. The van der Waals surface area contributed by atoms with Crippen molar-refractivity contribution in [2.24, 2.45) is 5.92 Å². The third kappa shape index (κ3) is 3.63. The molecule has 2 aromatic rings. The van der Waals surface area contributed by atoms with Crippen LogP contribution in [0.2, 0.25) is 0 Å². The van der Waals surface area contributed by atoms with Gasteiger partial charge in [0.2, 0.25) is 0 Å². The van der Waals surface area contributed by atoms with Crippen molar-refractivity contribution in [3.63, 3.8) is 0 Å². The van der Waals surface area contributed by atoms with Crippen LogP contribution in [0.1, 0.15) is 19.4 Å². The van der Waals surface area contributed by atoms with E-state index in [4.69, 9.17) is 0 Å². The summed E-state index contributed by atoms with van der Waals surface area (Å²) in [5, 5.41) is 9.95. The Morgan fingerprint density at radius 1 is 1.06 bits per heavy atom. The van der Waals surface area contributed by atoms with E-state index >= 15 is 0 Å². The van der Waals surface area contributed by atoms with Gasteiger partial charge in [0, 0.05) is 0 Å². The molecule has 18 heavy (non-hydrogen) atoms. The van der Waals surface area contributed by atoms with Gasteiger partial charge in [-0.2, -0.15) is 0 Å². The zero-order chi connectivity index (χ0) is 13.0. The fourth-order valence-electron chi connectivity index (χ4n) is 1.85. The molecule has 2 rings (SSSR count). The molecule has 0 bridgehead atoms. The molecule has 0 unspecified atom stereocenters. The molecule has 94 valence electrons.